The van der Waals surface area contributed by atoms with Crippen LogP contribution in [-0.4, -0.2) is 60.0 Å². The Morgan fingerprint density at radius 1 is 1.18 bits per heavy atom. The molecular weight excluding hydrogens is 325 g/mol. The average molecular weight is 346 g/mol. The van der Waals surface area contributed by atoms with Crippen molar-refractivity contribution in [1.82, 2.24) is 20.2 Å². The Morgan fingerprint density at radius 2 is 1.86 bits per heavy atom. The minimum atomic E-state index is 0. The first-order valence-corrected chi connectivity index (χ1v) is 7.84. The second-order valence-electron chi connectivity index (χ2n) is 5.54. The molecule has 1 amide bonds. The first-order valence-electron chi connectivity index (χ1n) is 7.46. The van der Waals surface area contributed by atoms with Crippen LogP contribution in [0.2, 0.25) is 5.15 Å². The molecule has 1 aromatic heterocycles. The molecule has 2 aliphatic heterocycles. The molecule has 2 saturated heterocycles. The predicted molar refractivity (Wildman–Crippen MR) is 88.7 cm³/mol. The zero-order chi connectivity index (χ0) is 14.7. The number of carbonyl (C=O) groups excluding carboxylic acids is 1. The maximum absolute atomic E-state index is 12.5. The van der Waals surface area contributed by atoms with Gasteiger partial charge in [-0.3, -0.25) is 4.79 Å². The average Bonchev–Trinajstić information content (AvgIpc) is 2.55. The van der Waals surface area contributed by atoms with Gasteiger partial charge in [0.25, 0.3) is 0 Å². The number of hydrogen-bond donors (Lipinski definition) is 1. The second kappa shape index (κ2) is 7.94. The molecule has 22 heavy (non-hydrogen) atoms. The van der Waals surface area contributed by atoms with Gasteiger partial charge in [0.15, 0.2) is 0 Å². The summed E-state index contributed by atoms with van der Waals surface area (Å²) in [5.41, 5.74) is 0. The molecule has 1 aromatic rings. The summed E-state index contributed by atoms with van der Waals surface area (Å²) in [6.45, 7) is 5.17. The highest BCUT2D eigenvalue weighted by atomic mass is 35.5. The van der Waals surface area contributed by atoms with E-state index in [9.17, 15) is 4.79 Å². The molecule has 0 atom stereocenters. The Kier molecular flexibility index (Phi) is 6.23. The number of amides is 1. The smallest absolute Gasteiger partial charge is 0.225 e. The van der Waals surface area contributed by atoms with E-state index in [-0.39, 0.29) is 18.3 Å². The molecular formula is C14H21Cl2N5O. The molecule has 3 heterocycles. The Labute approximate surface area is 141 Å². The fraction of sp³-hybridized carbons (Fsp3) is 0.643. The maximum Gasteiger partial charge on any atom is 0.225 e. The summed E-state index contributed by atoms with van der Waals surface area (Å²) in [7, 11) is 0. The van der Waals surface area contributed by atoms with Crippen molar-refractivity contribution in [1.29, 1.82) is 0 Å². The van der Waals surface area contributed by atoms with Gasteiger partial charge in [-0.1, -0.05) is 11.6 Å². The van der Waals surface area contributed by atoms with Gasteiger partial charge < -0.3 is 15.1 Å². The third-order valence-electron chi connectivity index (χ3n) is 4.22. The van der Waals surface area contributed by atoms with Gasteiger partial charge in [0.1, 0.15) is 17.3 Å². The first-order chi connectivity index (χ1) is 10.2. The number of nitrogens with one attached hydrogen (secondary N) is 1. The number of rotatable bonds is 2. The second-order valence-corrected chi connectivity index (χ2v) is 5.92. The van der Waals surface area contributed by atoms with Gasteiger partial charge in [0.2, 0.25) is 5.91 Å². The van der Waals surface area contributed by atoms with E-state index in [0.29, 0.717) is 11.1 Å². The molecule has 0 unspecified atom stereocenters. The molecule has 0 radical (unpaired) electrons. The number of halogens is 2. The van der Waals surface area contributed by atoms with Gasteiger partial charge in [-0.25, -0.2) is 9.97 Å². The van der Waals surface area contributed by atoms with Crippen molar-refractivity contribution in [2.45, 2.75) is 12.8 Å². The summed E-state index contributed by atoms with van der Waals surface area (Å²) in [6.07, 6.45) is 3.24. The van der Waals surface area contributed by atoms with Crippen molar-refractivity contribution in [3.8, 4) is 0 Å². The van der Waals surface area contributed by atoms with Crippen LogP contribution in [0.4, 0.5) is 5.82 Å². The van der Waals surface area contributed by atoms with Gasteiger partial charge in [0.05, 0.1) is 0 Å². The molecule has 0 bridgehead atoms. The minimum Gasteiger partial charge on any atom is -0.356 e. The predicted octanol–water partition coefficient (Wildman–Crippen LogP) is 1.20. The van der Waals surface area contributed by atoms with E-state index in [4.69, 9.17) is 11.6 Å². The van der Waals surface area contributed by atoms with Gasteiger partial charge in [0, 0.05) is 51.3 Å². The molecule has 0 aliphatic carbocycles. The maximum atomic E-state index is 12.5. The molecule has 3 rings (SSSR count). The van der Waals surface area contributed by atoms with E-state index in [0.717, 1.165) is 57.9 Å². The Bertz CT molecular complexity index is 502. The number of piperazine rings is 1. The standard InChI is InChI=1S/C14H20ClN5O.ClH/c15-12-9-13(18-10-17-12)19-5-1-11(2-6-19)14(21)20-7-3-16-4-8-20;/h9-11,16H,1-8H2;1H. The molecule has 8 heteroatoms. The molecule has 1 N–H and O–H groups in total. The highest BCUT2D eigenvalue weighted by Gasteiger charge is 2.29. The van der Waals surface area contributed by atoms with E-state index in [1.165, 1.54) is 6.33 Å². The van der Waals surface area contributed by atoms with Crippen molar-refractivity contribution in [3.05, 3.63) is 17.5 Å². The number of aromatic nitrogens is 2. The van der Waals surface area contributed by atoms with Crippen molar-refractivity contribution in [3.63, 3.8) is 0 Å². The monoisotopic (exact) mass is 345 g/mol. The highest BCUT2D eigenvalue weighted by Crippen LogP contribution is 2.24. The van der Waals surface area contributed by atoms with Gasteiger partial charge in [-0.05, 0) is 12.8 Å². The first kappa shape index (κ1) is 17.2. The molecule has 2 aliphatic rings. The van der Waals surface area contributed by atoms with E-state index in [2.05, 4.69) is 20.2 Å². The van der Waals surface area contributed by atoms with Crippen LogP contribution in [0.25, 0.3) is 0 Å². The fourth-order valence-corrected chi connectivity index (χ4v) is 3.14. The topological polar surface area (TPSA) is 61.4 Å². The van der Waals surface area contributed by atoms with Gasteiger partial charge in [-0.15, -0.1) is 12.4 Å². The van der Waals surface area contributed by atoms with Crippen LogP contribution in [-0.2, 0) is 4.79 Å². The molecule has 0 aromatic carbocycles. The van der Waals surface area contributed by atoms with E-state index >= 15 is 0 Å². The lowest BCUT2D eigenvalue weighted by Crippen LogP contribution is -2.50. The normalized spacial score (nSPS) is 19.7. The summed E-state index contributed by atoms with van der Waals surface area (Å²) in [5.74, 6) is 1.32. The molecule has 0 spiro atoms. The third kappa shape index (κ3) is 4.00. The lowest BCUT2D eigenvalue weighted by molar-refractivity contribution is -0.136. The van der Waals surface area contributed by atoms with E-state index in [1.807, 2.05) is 4.90 Å². The number of anilines is 1. The largest absolute Gasteiger partial charge is 0.356 e. The number of nitrogens with zero attached hydrogens (tertiary/aromatic N) is 4. The number of carbonyl (C=O) groups is 1. The van der Waals surface area contributed by atoms with Crippen LogP contribution in [0.5, 0.6) is 0 Å². The highest BCUT2D eigenvalue weighted by molar-refractivity contribution is 6.29. The van der Waals surface area contributed by atoms with Crippen LogP contribution in [0.15, 0.2) is 12.4 Å². The van der Waals surface area contributed by atoms with Crippen molar-refractivity contribution >= 4 is 35.7 Å². The van der Waals surface area contributed by atoms with Crippen LogP contribution in [0, 0.1) is 5.92 Å². The number of piperidine rings is 1. The molecule has 2 fully saturated rings. The zero-order valence-corrected chi connectivity index (χ0v) is 13.9. The Morgan fingerprint density at radius 3 is 2.50 bits per heavy atom. The SMILES string of the molecule is Cl.O=C(C1CCN(c2cc(Cl)ncn2)CC1)N1CCNCC1. The molecule has 0 saturated carbocycles. The van der Waals surface area contributed by atoms with Gasteiger partial charge in [-0.2, -0.15) is 0 Å². The van der Waals surface area contributed by atoms with Crippen LogP contribution < -0.4 is 10.2 Å². The fourth-order valence-electron chi connectivity index (χ4n) is 3.00. The zero-order valence-electron chi connectivity index (χ0n) is 12.4. The van der Waals surface area contributed by atoms with Crippen molar-refractivity contribution < 1.29 is 4.79 Å². The minimum absolute atomic E-state index is 0. The Hall–Kier alpha value is -1.11. The van der Waals surface area contributed by atoms with Crippen LogP contribution >= 0.6 is 24.0 Å². The summed E-state index contributed by atoms with van der Waals surface area (Å²) in [4.78, 5) is 24.8. The Balaban J connectivity index is 0.00000176. The number of hydrogen-bond acceptors (Lipinski definition) is 5. The van der Waals surface area contributed by atoms with E-state index in [1.54, 1.807) is 6.07 Å². The molecule has 122 valence electrons. The lowest BCUT2D eigenvalue weighted by Gasteiger charge is -2.36. The van der Waals surface area contributed by atoms with Crippen LogP contribution in [0.3, 0.4) is 0 Å². The quantitative estimate of drug-likeness (QED) is 0.816. The molecule has 6 nitrogen and oxygen atoms in total. The lowest BCUT2D eigenvalue weighted by atomic mass is 9.95. The summed E-state index contributed by atoms with van der Waals surface area (Å²) >= 11 is 5.90. The van der Waals surface area contributed by atoms with Gasteiger partial charge >= 0.3 is 0 Å². The van der Waals surface area contributed by atoms with Crippen LogP contribution in [0.1, 0.15) is 12.8 Å². The summed E-state index contributed by atoms with van der Waals surface area (Å²) in [5, 5.41) is 3.73. The van der Waals surface area contributed by atoms with Crippen molar-refractivity contribution in [2.24, 2.45) is 5.92 Å². The summed E-state index contributed by atoms with van der Waals surface area (Å²) < 4.78 is 0. The third-order valence-corrected chi connectivity index (χ3v) is 4.42. The van der Waals surface area contributed by atoms with E-state index < -0.39 is 0 Å². The summed E-state index contributed by atoms with van der Waals surface area (Å²) in [6, 6.07) is 1.78. The van der Waals surface area contributed by atoms with Crippen molar-refractivity contribution in [2.75, 3.05) is 44.2 Å².